The van der Waals surface area contributed by atoms with E-state index in [1.54, 1.807) is 12.1 Å². The molecule has 2 rings (SSSR count). The van der Waals surface area contributed by atoms with Gasteiger partial charge in [-0.25, -0.2) is 0 Å². The summed E-state index contributed by atoms with van der Waals surface area (Å²) in [6.07, 6.45) is 5.73. The summed E-state index contributed by atoms with van der Waals surface area (Å²) in [6.45, 7) is 0.718. The van der Waals surface area contributed by atoms with Crippen LogP contribution in [0.1, 0.15) is 29.6 Å². The molecule has 2 nitrogen and oxygen atoms in total. The first kappa shape index (κ1) is 14.2. The molecule has 0 atom stereocenters. The van der Waals surface area contributed by atoms with E-state index in [4.69, 9.17) is 11.6 Å². The van der Waals surface area contributed by atoms with E-state index < -0.39 is 0 Å². The predicted molar refractivity (Wildman–Crippen MR) is 81.6 cm³/mol. The van der Waals surface area contributed by atoms with Crippen LogP contribution in [0.15, 0.2) is 22.7 Å². The lowest BCUT2D eigenvalue weighted by molar-refractivity contribution is 0.0944. The summed E-state index contributed by atoms with van der Waals surface area (Å²) in [5, 5.41) is 3.48. The zero-order valence-corrected chi connectivity index (χ0v) is 13.3. The number of carbonyl (C=O) groups is 1. The van der Waals surface area contributed by atoms with Gasteiger partial charge in [0.1, 0.15) is 0 Å². The van der Waals surface area contributed by atoms with Crippen molar-refractivity contribution in [2.24, 2.45) is 0 Å². The van der Waals surface area contributed by atoms with Gasteiger partial charge in [0.2, 0.25) is 0 Å². The topological polar surface area (TPSA) is 29.1 Å². The van der Waals surface area contributed by atoms with Crippen LogP contribution in [0.5, 0.6) is 0 Å². The summed E-state index contributed by atoms with van der Waals surface area (Å²) in [4.78, 5) is 12.1. The van der Waals surface area contributed by atoms with E-state index in [9.17, 15) is 4.79 Å². The van der Waals surface area contributed by atoms with Crippen LogP contribution in [0.25, 0.3) is 0 Å². The van der Waals surface area contributed by atoms with Gasteiger partial charge in [0, 0.05) is 15.8 Å². The Morgan fingerprint density at radius 1 is 1.56 bits per heavy atom. The van der Waals surface area contributed by atoms with Crippen LogP contribution in [0, 0.1) is 0 Å². The van der Waals surface area contributed by atoms with E-state index in [1.807, 2.05) is 17.8 Å². The number of rotatable bonds is 4. The number of thioether (sulfide) groups is 1. The Bertz CT molecular complexity index is 457. The Labute approximate surface area is 125 Å². The summed E-state index contributed by atoms with van der Waals surface area (Å²) >= 11 is 11.2. The molecule has 18 heavy (non-hydrogen) atoms. The highest BCUT2D eigenvalue weighted by Crippen LogP contribution is 2.42. The molecule has 1 saturated carbocycles. The van der Waals surface area contributed by atoms with E-state index in [2.05, 4.69) is 27.5 Å². The highest BCUT2D eigenvalue weighted by atomic mass is 79.9. The number of carbonyl (C=O) groups excluding carboxylic acids is 1. The highest BCUT2D eigenvalue weighted by molar-refractivity contribution is 9.10. The van der Waals surface area contributed by atoms with Crippen molar-refractivity contribution in [3.8, 4) is 0 Å². The number of hydrogen-bond donors (Lipinski definition) is 1. The Morgan fingerprint density at radius 2 is 2.28 bits per heavy atom. The van der Waals surface area contributed by atoms with Crippen molar-refractivity contribution in [2.45, 2.75) is 24.0 Å². The second-order valence-corrected chi connectivity index (χ2v) is 7.14. The molecule has 0 bridgehead atoms. The molecule has 1 aliphatic rings. The summed E-state index contributed by atoms with van der Waals surface area (Å²) in [5.41, 5.74) is 0.529. The first-order valence-corrected chi connectivity index (χ1v) is 8.24. The van der Waals surface area contributed by atoms with Gasteiger partial charge in [0.25, 0.3) is 5.91 Å². The maximum Gasteiger partial charge on any atom is 0.252 e. The zero-order valence-electron chi connectivity index (χ0n) is 10.1. The second kappa shape index (κ2) is 5.85. The third-order valence-corrected chi connectivity index (χ3v) is 5.68. The van der Waals surface area contributed by atoms with Gasteiger partial charge in [0.15, 0.2) is 0 Å². The molecule has 98 valence electrons. The summed E-state index contributed by atoms with van der Waals surface area (Å²) < 4.78 is 1.11. The van der Waals surface area contributed by atoms with Crippen molar-refractivity contribution in [3.63, 3.8) is 0 Å². The fraction of sp³-hybridized carbons (Fsp3) is 0.462. The van der Waals surface area contributed by atoms with Gasteiger partial charge in [0.05, 0.1) is 10.6 Å². The highest BCUT2D eigenvalue weighted by Gasteiger charge is 2.36. The average molecular weight is 349 g/mol. The minimum atomic E-state index is -0.0957. The molecule has 0 radical (unpaired) electrons. The minimum absolute atomic E-state index is 0.0957. The third kappa shape index (κ3) is 3.03. The van der Waals surface area contributed by atoms with Gasteiger partial charge >= 0.3 is 0 Å². The molecule has 0 aliphatic heterocycles. The monoisotopic (exact) mass is 347 g/mol. The maximum absolute atomic E-state index is 12.1. The number of benzene rings is 1. The van der Waals surface area contributed by atoms with E-state index in [1.165, 1.54) is 19.3 Å². The maximum atomic E-state index is 12.1. The van der Waals surface area contributed by atoms with Crippen LogP contribution < -0.4 is 5.32 Å². The van der Waals surface area contributed by atoms with Gasteiger partial charge in [-0.05, 0) is 37.3 Å². The Hall–Kier alpha value is -0.190. The van der Waals surface area contributed by atoms with Crippen LogP contribution in [0.2, 0.25) is 5.02 Å². The fourth-order valence-corrected chi connectivity index (χ4v) is 3.51. The molecule has 0 heterocycles. The average Bonchev–Trinajstić information content (AvgIpc) is 2.31. The molecule has 1 aromatic carbocycles. The predicted octanol–water partition coefficient (Wildman–Crippen LogP) is 4.12. The van der Waals surface area contributed by atoms with Crippen molar-refractivity contribution in [3.05, 3.63) is 33.3 Å². The minimum Gasteiger partial charge on any atom is -0.351 e. The first-order chi connectivity index (χ1) is 8.56. The van der Waals surface area contributed by atoms with Crippen molar-refractivity contribution in [2.75, 3.05) is 12.8 Å². The largest absolute Gasteiger partial charge is 0.351 e. The van der Waals surface area contributed by atoms with Gasteiger partial charge < -0.3 is 5.32 Å². The molecule has 0 spiro atoms. The molecule has 1 aromatic rings. The third-order valence-electron chi connectivity index (χ3n) is 3.44. The van der Waals surface area contributed by atoms with E-state index in [-0.39, 0.29) is 10.7 Å². The van der Waals surface area contributed by atoms with Crippen LogP contribution >= 0.6 is 39.3 Å². The Balaban J connectivity index is 2.01. The summed E-state index contributed by atoms with van der Waals surface area (Å²) in [6, 6.07) is 5.31. The molecule has 1 N–H and O–H groups in total. The van der Waals surface area contributed by atoms with Crippen molar-refractivity contribution >= 4 is 45.2 Å². The van der Waals surface area contributed by atoms with Crippen LogP contribution in [0.4, 0.5) is 0 Å². The molecular weight excluding hydrogens is 334 g/mol. The van der Waals surface area contributed by atoms with E-state index >= 15 is 0 Å². The molecule has 0 unspecified atom stereocenters. The molecule has 1 amide bonds. The quantitative estimate of drug-likeness (QED) is 0.887. The number of halogens is 2. The summed E-state index contributed by atoms with van der Waals surface area (Å²) in [7, 11) is 0. The fourth-order valence-electron chi connectivity index (χ4n) is 2.03. The van der Waals surface area contributed by atoms with Crippen molar-refractivity contribution < 1.29 is 4.79 Å². The zero-order chi connectivity index (χ0) is 13.2. The smallest absolute Gasteiger partial charge is 0.252 e. The Morgan fingerprint density at radius 3 is 2.83 bits per heavy atom. The number of nitrogens with one attached hydrogen (secondary N) is 1. The molecule has 0 aromatic heterocycles. The van der Waals surface area contributed by atoms with Gasteiger partial charge in [-0.2, -0.15) is 11.8 Å². The first-order valence-electron chi connectivity index (χ1n) is 5.85. The standard InChI is InChI=1S/C13H15BrClNOS/c1-18-13(5-2-6-13)8-16-12(17)10-7-9(14)3-4-11(10)15/h3-4,7H,2,5-6,8H2,1H3,(H,16,17). The SMILES string of the molecule is CSC1(CNC(=O)c2cc(Br)ccc2Cl)CCC1. The molecular formula is C13H15BrClNOS. The van der Waals surface area contributed by atoms with Gasteiger partial charge in [-0.3, -0.25) is 4.79 Å². The van der Waals surface area contributed by atoms with Crippen LogP contribution in [-0.4, -0.2) is 23.5 Å². The molecule has 5 heteroatoms. The van der Waals surface area contributed by atoms with Crippen LogP contribution in [-0.2, 0) is 0 Å². The Kier molecular flexibility index (Phi) is 4.62. The lowest BCUT2D eigenvalue weighted by atomic mass is 9.84. The molecule has 1 aliphatic carbocycles. The van der Waals surface area contributed by atoms with Gasteiger partial charge in [-0.1, -0.05) is 34.0 Å². The normalized spacial score (nSPS) is 17.1. The lowest BCUT2D eigenvalue weighted by Crippen LogP contribution is -2.45. The second-order valence-electron chi connectivity index (χ2n) is 4.55. The van der Waals surface area contributed by atoms with E-state index in [0.717, 1.165) is 11.0 Å². The number of hydrogen-bond acceptors (Lipinski definition) is 2. The van der Waals surface area contributed by atoms with Crippen LogP contribution in [0.3, 0.4) is 0 Å². The molecule has 0 saturated heterocycles. The molecule has 1 fully saturated rings. The van der Waals surface area contributed by atoms with E-state index in [0.29, 0.717) is 10.6 Å². The van der Waals surface area contributed by atoms with Gasteiger partial charge in [-0.15, -0.1) is 0 Å². The van der Waals surface area contributed by atoms with Crippen molar-refractivity contribution in [1.82, 2.24) is 5.32 Å². The number of amides is 1. The lowest BCUT2D eigenvalue weighted by Gasteiger charge is -2.40. The van der Waals surface area contributed by atoms with Crippen molar-refractivity contribution in [1.29, 1.82) is 0 Å². The summed E-state index contributed by atoms with van der Waals surface area (Å²) in [5.74, 6) is -0.0957.